The molecule has 0 bridgehead atoms. The van der Waals surface area contributed by atoms with Crippen molar-refractivity contribution < 1.29 is 28.5 Å². The smallest absolute Gasteiger partial charge is 0.437 e. The third-order valence-electron chi connectivity index (χ3n) is 7.01. The first-order valence-electron chi connectivity index (χ1n) is 15.0. The first kappa shape index (κ1) is 32.3. The molecule has 9 nitrogen and oxygen atoms in total. The SMILES string of the molecule is CCOC(=O)Oc1cccc(N(N=Cc2ccc(N(c3ccc(C)cc3)c3ccc(C)cc3)cc2)c2cccc(OC(=O)OC)c2)c1. The quantitative estimate of drug-likeness (QED) is 0.0653. The van der Waals surface area contributed by atoms with Gasteiger partial charge in [0.15, 0.2) is 0 Å². The highest BCUT2D eigenvalue weighted by atomic mass is 16.7. The van der Waals surface area contributed by atoms with E-state index in [1.807, 2.05) is 36.4 Å². The Balaban J connectivity index is 1.48. The number of carbonyl (C=O) groups excluding carboxylic acids is 2. The molecule has 0 heterocycles. The maximum atomic E-state index is 12.0. The van der Waals surface area contributed by atoms with E-state index in [4.69, 9.17) is 19.3 Å². The van der Waals surface area contributed by atoms with Crippen LogP contribution in [0.1, 0.15) is 23.6 Å². The molecule has 0 fully saturated rings. The van der Waals surface area contributed by atoms with Crippen LogP contribution in [0.4, 0.5) is 38.0 Å². The summed E-state index contributed by atoms with van der Waals surface area (Å²) in [6.45, 7) is 6.04. The molecule has 0 aliphatic carbocycles. The van der Waals surface area contributed by atoms with E-state index < -0.39 is 12.3 Å². The minimum absolute atomic E-state index is 0.189. The molecule has 0 aromatic heterocycles. The minimum atomic E-state index is -0.840. The van der Waals surface area contributed by atoms with Gasteiger partial charge >= 0.3 is 12.3 Å². The predicted octanol–water partition coefficient (Wildman–Crippen LogP) is 9.63. The second-order valence-corrected chi connectivity index (χ2v) is 10.5. The Morgan fingerprint density at radius 3 is 1.57 bits per heavy atom. The van der Waals surface area contributed by atoms with Gasteiger partial charge in [-0.1, -0.05) is 59.7 Å². The summed E-state index contributed by atoms with van der Waals surface area (Å²) >= 11 is 0. The summed E-state index contributed by atoms with van der Waals surface area (Å²) in [7, 11) is 1.24. The maximum absolute atomic E-state index is 12.0. The highest BCUT2D eigenvalue weighted by molar-refractivity contribution is 5.84. The van der Waals surface area contributed by atoms with E-state index in [0.717, 1.165) is 22.6 Å². The number of ether oxygens (including phenoxy) is 4. The van der Waals surface area contributed by atoms with Crippen LogP contribution in [0.3, 0.4) is 0 Å². The van der Waals surface area contributed by atoms with E-state index in [9.17, 15) is 9.59 Å². The number of rotatable bonds is 10. The fourth-order valence-corrected chi connectivity index (χ4v) is 4.69. The summed E-state index contributed by atoms with van der Waals surface area (Å²) in [5.41, 5.74) is 7.47. The van der Waals surface area contributed by atoms with Crippen molar-refractivity contribution in [3.05, 3.63) is 138 Å². The minimum Gasteiger partial charge on any atom is -0.437 e. The van der Waals surface area contributed by atoms with Crippen molar-refractivity contribution in [3.63, 3.8) is 0 Å². The van der Waals surface area contributed by atoms with Crippen molar-refractivity contribution >= 4 is 47.0 Å². The van der Waals surface area contributed by atoms with E-state index in [1.54, 1.807) is 54.5 Å². The average Bonchev–Trinajstić information content (AvgIpc) is 3.08. The van der Waals surface area contributed by atoms with Gasteiger partial charge < -0.3 is 23.8 Å². The van der Waals surface area contributed by atoms with Crippen LogP contribution in [0.2, 0.25) is 0 Å². The molecule has 238 valence electrons. The lowest BCUT2D eigenvalue weighted by atomic mass is 10.1. The van der Waals surface area contributed by atoms with Crippen LogP contribution in [-0.2, 0) is 9.47 Å². The molecule has 0 aliphatic heterocycles. The summed E-state index contributed by atoms with van der Waals surface area (Å²) in [6.07, 6.45) is 0.0736. The predicted molar refractivity (Wildman–Crippen MR) is 184 cm³/mol. The fourth-order valence-electron chi connectivity index (χ4n) is 4.69. The van der Waals surface area contributed by atoms with Crippen LogP contribution in [0.15, 0.2) is 126 Å². The number of hydrogen-bond donors (Lipinski definition) is 0. The van der Waals surface area contributed by atoms with E-state index in [0.29, 0.717) is 11.4 Å². The number of methoxy groups -OCH3 is 1. The highest BCUT2D eigenvalue weighted by Gasteiger charge is 2.15. The number of nitrogens with zero attached hydrogens (tertiary/aromatic N) is 3. The van der Waals surface area contributed by atoms with Crippen molar-refractivity contribution in [2.45, 2.75) is 20.8 Å². The molecule has 47 heavy (non-hydrogen) atoms. The molecular weight excluding hydrogens is 594 g/mol. The highest BCUT2D eigenvalue weighted by Crippen LogP contribution is 2.35. The van der Waals surface area contributed by atoms with Crippen LogP contribution >= 0.6 is 0 Å². The summed E-state index contributed by atoms with van der Waals surface area (Å²) in [4.78, 5) is 26.0. The van der Waals surface area contributed by atoms with E-state index >= 15 is 0 Å². The van der Waals surface area contributed by atoms with Gasteiger partial charge in [0, 0.05) is 29.2 Å². The molecule has 0 saturated heterocycles. The lowest BCUT2D eigenvalue weighted by Crippen LogP contribution is -2.13. The molecule has 0 atom stereocenters. The van der Waals surface area contributed by atoms with Crippen LogP contribution in [0.5, 0.6) is 11.5 Å². The van der Waals surface area contributed by atoms with Gasteiger partial charge in [-0.3, -0.25) is 0 Å². The molecule has 5 aromatic rings. The van der Waals surface area contributed by atoms with E-state index in [2.05, 4.69) is 72.0 Å². The zero-order valence-corrected chi connectivity index (χ0v) is 26.6. The first-order valence-corrected chi connectivity index (χ1v) is 15.0. The fraction of sp³-hybridized carbons (Fsp3) is 0.132. The molecule has 0 radical (unpaired) electrons. The van der Waals surface area contributed by atoms with E-state index in [1.165, 1.54) is 18.2 Å². The van der Waals surface area contributed by atoms with Gasteiger partial charge in [-0.15, -0.1) is 0 Å². The third-order valence-corrected chi connectivity index (χ3v) is 7.01. The van der Waals surface area contributed by atoms with Crippen molar-refractivity contribution in [2.75, 3.05) is 23.6 Å². The number of anilines is 5. The van der Waals surface area contributed by atoms with Crippen molar-refractivity contribution in [3.8, 4) is 11.5 Å². The summed E-state index contributed by atoms with van der Waals surface area (Å²) < 4.78 is 20.1. The molecular formula is C38H35N3O6. The lowest BCUT2D eigenvalue weighted by Gasteiger charge is -2.26. The Hall–Kier alpha value is -6.09. The van der Waals surface area contributed by atoms with Gasteiger partial charge in [-0.05, 0) is 87.0 Å². The Labute approximate surface area is 274 Å². The standard InChI is InChI=1S/C38H35N3O6/c1-5-45-38(43)47-36-11-7-9-34(25-36)41(33-8-6-10-35(24-33)46-37(42)44-4)39-26-29-16-22-32(23-17-29)40(30-18-12-27(2)13-19-30)31-20-14-28(3)15-21-31/h6-26H,5H2,1-4H3. The largest absolute Gasteiger partial charge is 0.513 e. The zero-order valence-electron chi connectivity index (χ0n) is 26.6. The van der Waals surface area contributed by atoms with Gasteiger partial charge in [-0.25, -0.2) is 14.6 Å². The van der Waals surface area contributed by atoms with Crippen molar-refractivity contribution in [1.82, 2.24) is 0 Å². The average molecular weight is 630 g/mol. The Kier molecular flexibility index (Phi) is 10.5. The molecule has 5 rings (SSSR count). The molecule has 0 unspecified atom stereocenters. The normalized spacial score (nSPS) is 10.7. The summed E-state index contributed by atoms with van der Waals surface area (Å²) in [5.74, 6) is 0.546. The number of hydrazone groups is 1. The number of aryl methyl sites for hydroxylation is 2. The summed E-state index contributed by atoms with van der Waals surface area (Å²) in [5, 5.41) is 6.43. The maximum Gasteiger partial charge on any atom is 0.513 e. The van der Waals surface area contributed by atoms with Crippen LogP contribution in [0.25, 0.3) is 0 Å². The molecule has 0 spiro atoms. The van der Waals surface area contributed by atoms with Gasteiger partial charge in [0.25, 0.3) is 0 Å². The third kappa shape index (κ3) is 8.55. The van der Waals surface area contributed by atoms with Gasteiger partial charge in [0.05, 0.1) is 31.3 Å². The second kappa shape index (κ2) is 15.3. The molecule has 0 aliphatic rings. The molecule has 0 saturated carbocycles. The van der Waals surface area contributed by atoms with Crippen molar-refractivity contribution in [2.24, 2.45) is 5.10 Å². The summed E-state index contributed by atoms with van der Waals surface area (Å²) in [6, 6.07) is 38.6. The Bertz CT molecular complexity index is 1790. The van der Waals surface area contributed by atoms with Gasteiger partial charge in [0.2, 0.25) is 0 Å². The molecule has 0 amide bonds. The number of hydrogen-bond acceptors (Lipinski definition) is 9. The van der Waals surface area contributed by atoms with E-state index in [-0.39, 0.29) is 18.1 Å². The second-order valence-electron chi connectivity index (χ2n) is 10.5. The van der Waals surface area contributed by atoms with Crippen LogP contribution in [0, 0.1) is 13.8 Å². The zero-order chi connectivity index (χ0) is 33.2. The van der Waals surface area contributed by atoms with Crippen molar-refractivity contribution in [1.29, 1.82) is 0 Å². The lowest BCUT2D eigenvalue weighted by molar-refractivity contribution is 0.104. The molecule has 5 aromatic carbocycles. The van der Waals surface area contributed by atoms with Crippen LogP contribution < -0.4 is 19.4 Å². The molecule has 0 N–H and O–H groups in total. The van der Waals surface area contributed by atoms with Gasteiger partial charge in [0.1, 0.15) is 11.5 Å². The number of benzene rings is 5. The molecule has 9 heteroatoms. The van der Waals surface area contributed by atoms with Crippen LogP contribution in [-0.4, -0.2) is 32.2 Å². The first-order chi connectivity index (χ1) is 22.8. The topological polar surface area (TPSA) is 89.9 Å². The monoisotopic (exact) mass is 629 g/mol. The Morgan fingerprint density at radius 2 is 1.11 bits per heavy atom. The van der Waals surface area contributed by atoms with Gasteiger partial charge in [-0.2, -0.15) is 5.10 Å². The Morgan fingerprint density at radius 1 is 0.638 bits per heavy atom. The number of carbonyl (C=O) groups is 2.